The Labute approximate surface area is 191 Å². The van der Waals surface area contributed by atoms with Gasteiger partial charge in [-0.15, -0.1) is 0 Å². The fourth-order valence-electron chi connectivity index (χ4n) is 3.82. The number of hydrazine groups is 1. The fraction of sp³-hybridized carbons (Fsp3) is 0.333. The zero-order chi connectivity index (χ0) is 23.0. The van der Waals surface area contributed by atoms with Crippen molar-refractivity contribution in [3.63, 3.8) is 0 Å². The van der Waals surface area contributed by atoms with E-state index in [0.29, 0.717) is 24.5 Å². The largest absolute Gasteiger partial charge is 0.486 e. The van der Waals surface area contributed by atoms with Crippen molar-refractivity contribution in [1.82, 2.24) is 25.3 Å². The first-order valence-electron chi connectivity index (χ1n) is 11.1. The summed E-state index contributed by atoms with van der Waals surface area (Å²) in [5.74, 6) is 0.436. The van der Waals surface area contributed by atoms with Crippen LogP contribution in [-0.2, 0) is 27.5 Å². The maximum Gasteiger partial charge on any atom is 0.258 e. The third-order valence-corrected chi connectivity index (χ3v) is 5.49. The van der Waals surface area contributed by atoms with Gasteiger partial charge in [-0.1, -0.05) is 36.8 Å². The monoisotopic (exact) mass is 449 g/mol. The number of carbonyl (C=O) groups is 3. The average molecular weight is 450 g/mol. The summed E-state index contributed by atoms with van der Waals surface area (Å²) in [6.45, 7) is 0.640. The van der Waals surface area contributed by atoms with Crippen molar-refractivity contribution in [2.75, 3.05) is 13.1 Å². The molecule has 0 aliphatic carbocycles. The first-order chi connectivity index (χ1) is 16.1. The Balaban J connectivity index is 1.37. The van der Waals surface area contributed by atoms with E-state index in [-0.39, 0.29) is 25.6 Å². The molecule has 1 saturated heterocycles. The van der Waals surface area contributed by atoms with Gasteiger partial charge in [-0.2, -0.15) is 0 Å². The summed E-state index contributed by atoms with van der Waals surface area (Å²) in [7, 11) is 0. The molecule has 1 fully saturated rings. The molecule has 1 aliphatic heterocycles. The van der Waals surface area contributed by atoms with E-state index < -0.39 is 11.8 Å². The standard InChI is InChI=1S/C24H27N5O4/c30-22(15-28-14-8-2-5-13-24(28)32)26-27-23(31)16-29-20-12-7-6-11-19(20)25-21(29)17-33-18-9-3-1-4-10-18/h1,3-4,6-7,9-12H,2,5,8,13-17H2,(H,26,30)(H,27,31). The van der Waals surface area contributed by atoms with Gasteiger partial charge in [-0.05, 0) is 37.1 Å². The molecule has 3 aromatic rings. The lowest BCUT2D eigenvalue weighted by Gasteiger charge is -2.20. The smallest absolute Gasteiger partial charge is 0.258 e. The van der Waals surface area contributed by atoms with E-state index in [9.17, 15) is 14.4 Å². The molecule has 0 unspecified atom stereocenters. The van der Waals surface area contributed by atoms with Crippen LogP contribution < -0.4 is 15.6 Å². The average Bonchev–Trinajstić information content (AvgIpc) is 3.05. The van der Waals surface area contributed by atoms with Crippen LogP contribution in [0.15, 0.2) is 54.6 Å². The van der Waals surface area contributed by atoms with Crippen LogP contribution >= 0.6 is 0 Å². The number of para-hydroxylation sites is 3. The van der Waals surface area contributed by atoms with E-state index in [1.54, 1.807) is 4.57 Å². The van der Waals surface area contributed by atoms with Crippen molar-refractivity contribution in [3.05, 3.63) is 60.4 Å². The molecule has 2 heterocycles. The van der Waals surface area contributed by atoms with Gasteiger partial charge in [0.15, 0.2) is 0 Å². The molecule has 172 valence electrons. The molecule has 4 rings (SSSR count). The molecule has 33 heavy (non-hydrogen) atoms. The highest BCUT2D eigenvalue weighted by atomic mass is 16.5. The number of likely N-dealkylation sites (tertiary alicyclic amines) is 1. The molecule has 1 aromatic heterocycles. The summed E-state index contributed by atoms with van der Waals surface area (Å²) >= 11 is 0. The highest BCUT2D eigenvalue weighted by molar-refractivity contribution is 5.87. The summed E-state index contributed by atoms with van der Waals surface area (Å²) in [5, 5.41) is 0. The van der Waals surface area contributed by atoms with Crippen molar-refractivity contribution in [1.29, 1.82) is 0 Å². The molecule has 1 aliphatic rings. The Hall–Kier alpha value is -3.88. The molecule has 2 aromatic carbocycles. The molecular formula is C24H27N5O4. The molecule has 0 saturated carbocycles. The number of carbonyl (C=O) groups excluding carboxylic acids is 3. The first kappa shape index (κ1) is 22.3. The number of ether oxygens (including phenoxy) is 1. The topological polar surface area (TPSA) is 106 Å². The maximum absolute atomic E-state index is 12.6. The fourth-order valence-corrected chi connectivity index (χ4v) is 3.82. The van der Waals surface area contributed by atoms with Crippen LogP contribution in [0.3, 0.4) is 0 Å². The number of fused-ring (bicyclic) bond motifs is 1. The highest BCUT2D eigenvalue weighted by Gasteiger charge is 2.20. The summed E-state index contributed by atoms with van der Waals surface area (Å²) in [4.78, 5) is 43.1. The third kappa shape index (κ3) is 5.88. The van der Waals surface area contributed by atoms with E-state index in [1.165, 1.54) is 4.90 Å². The van der Waals surface area contributed by atoms with Crippen LogP contribution in [0.5, 0.6) is 5.75 Å². The Morgan fingerprint density at radius 1 is 0.909 bits per heavy atom. The molecule has 0 spiro atoms. The van der Waals surface area contributed by atoms with Gasteiger partial charge in [0, 0.05) is 13.0 Å². The number of hydrogen-bond acceptors (Lipinski definition) is 5. The van der Waals surface area contributed by atoms with Crippen LogP contribution in [-0.4, -0.2) is 45.3 Å². The predicted octanol–water partition coefficient (Wildman–Crippen LogP) is 2.17. The van der Waals surface area contributed by atoms with Crippen molar-refractivity contribution in [2.24, 2.45) is 0 Å². The van der Waals surface area contributed by atoms with Gasteiger partial charge in [-0.25, -0.2) is 4.98 Å². The summed E-state index contributed by atoms with van der Waals surface area (Å²) in [6.07, 6.45) is 3.17. The number of hydrogen-bond donors (Lipinski definition) is 2. The number of rotatable bonds is 7. The van der Waals surface area contributed by atoms with Gasteiger partial charge >= 0.3 is 0 Å². The molecule has 9 nitrogen and oxygen atoms in total. The lowest BCUT2D eigenvalue weighted by molar-refractivity contribution is -0.136. The van der Waals surface area contributed by atoms with Gasteiger partial charge < -0.3 is 14.2 Å². The minimum atomic E-state index is -0.429. The normalized spacial score (nSPS) is 14.1. The zero-order valence-electron chi connectivity index (χ0n) is 18.3. The number of benzene rings is 2. The van der Waals surface area contributed by atoms with Gasteiger partial charge in [-0.3, -0.25) is 25.2 Å². The minimum absolute atomic E-state index is 0.0260. The number of imidazole rings is 1. The van der Waals surface area contributed by atoms with Gasteiger partial charge in [0.05, 0.1) is 11.0 Å². The predicted molar refractivity (Wildman–Crippen MR) is 122 cm³/mol. The second kappa shape index (κ2) is 10.6. The van der Waals surface area contributed by atoms with E-state index in [2.05, 4.69) is 15.8 Å². The number of aromatic nitrogens is 2. The summed E-state index contributed by atoms with van der Waals surface area (Å²) in [6, 6.07) is 16.9. The lowest BCUT2D eigenvalue weighted by Crippen LogP contribution is -2.48. The van der Waals surface area contributed by atoms with Gasteiger partial charge in [0.2, 0.25) is 5.91 Å². The second-order valence-corrected chi connectivity index (χ2v) is 7.93. The van der Waals surface area contributed by atoms with Crippen molar-refractivity contribution in [2.45, 2.75) is 38.8 Å². The molecule has 2 N–H and O–H groups in total. The Morgan fingerprint density at radius 3 is 2.45 bits per heavy atom. The Kier molecular flexibility index (Phi) is 7.19. The first-order valence-corrected chi connectivity index (χ1v) is 11.1. The minimum Gasteiger partial charge on any atom is -0.486 e. The highest BCUT2D eigenvalue weighted by Crippen LogP contribution is 2.18. The van der Waals surface area contributed by atoms with E-state index in [1.807, 2.05) is 54.6 Å². The van der Waals surface area contributed by atoms with Crippen LogP contribution in [0.4, 0.5) is 0 Å². The van der Waals surface area contributed by atoms with E-state index in [4.69, 9.17) is 4.74 Å². The SMILES string of the molecule is O=C(CN1CCCCCC1=O)NNC(=O)Cn1c(COc2ccccc2)nc2ccccc21. The van der Waals surface area contributed by atoms with Crippen LogP contribution in [0.25, 0.3) is 11.0 Å². The molecular weight excluding hydrogens is 422 g/mol. The molecule has 9 heteroatoms. The number of nitrogens with one attached hydrogen (secondary N) is 2. The van der Waals surface area contributed by atoms with Gasteiger partial charge in [0.1, 0.15) is 31.3 Å². The van der Waals surface area contributed by atoms with Crippen molar-refractivity contribution < 1.29 is 19.1 Å². The Morgan fingerprint density at radius 2 is 1.64 bits per heavy atom. The second-order valence-electron chi connectivity index (χ2n) is 7.93. The van der Waals surface area contributed by atoms with E-state index in [0.717, 1.165) is 30.3 Å². The molecule has 0 bridgehead atoms. The molecule has 3 amide bonds. The summed E-state index contributed by atoms with van der Waals surface area (Å²) < 4.78 is 7.59. The van der Waals surface area contributed by atoms with Crippen LogP contribution in [0.2, 0.25) is 0 Å². The van der Waals surface area contributed by atoms with Crippen LogP contribution in [0, 0.1) is 0 Å². The van der Waals surface area contributed by atoms with Crippen LogP contribution in [0.1, 0.15) is 31.5 Å². The quantitative estimate of drug-likeness (QED) is 0.538. The summed E-state index contributed by atoms with van der Waals surface area (Å²) in [5.41, 5.74) is 6.39. The molecule has 0 atom stereocenters. The van der Waals surface area contributed by atoms with E-state index >= 15 is 0 Å². The third-order valence-electron chi connectivity index (χ3n) is 5.49. The zero-order valence-corrected chi connectivity index (χ0v) is 18.3. The maximum atomic E-state index is 12.6. The number of amides is 3. The van der Waals surface area contributed by atoms with Gasteiger partial charge in [0.25, 0.3) is 11.8 Å². The number of nitrogens with zero attached hydrogens (tertiary/aromatic N) is 3. The lowest BCUT2D eigenvalue weighted by atomic mass is 10.2. The van der Waals surface area contributed by atoms with Crippen molar-refractivity contribution in [3.8, 4) is 5.75 Å². The van der Waals surface area contributed by atoms with Crippen molar-refractivity contribution >= 4 is 28.8 Å². The molecule has 0 radical (unpaired) electrons. The Bertz CT molecular complexity index is 1130.